The first kappa shape index (κ1) is 12.4. The smallest absolute Gasteiger partial charge is 0.219 e. The molecule has 2 N–H and O–H groups in total. The SMILES string of the molecule is CCc1ccc(-c2cccc3[nH]c(O)c(N=O)c23)cc1. The third kappa shape index (κ3) is 1.86. The number of aromatic hydroxyl groups is 1. The van der Waals surface area contributed by atoms with Crippen molar-refractivity contribution in [2.24, 2.45) is 5.18 Å². The molecule has 2 aromatic carbocycles. The van der Waals surface area contributed by atoms with E-state index in [-0.39, 0.29) is 11.6 Å². The predicted octanol–water partition coefficient (Wildman–Crippen LogP) is 4.50. The number of hydrogen-bond donors (Lipinski definition) is 2. The third-order valence-corrected chi connectivity index (χ3v) is 3.54. The Bertz CT molecular complexity index is 773. The number of nitrogens with one attached hydrogen (secondary N) is 1. The second-order valence-electron chi connectivity index (χ2n) is 4.69. The second-order valence-corrected chi connectivity index (χ2v) is 4.69. The highest BCUT2D eigenvalue weighted by Gasteiger charge is 2.15. The lowest BCUT2D eigenvalue weighted by atomic mass is 9.99. The molecule has 1 heterocycles. The summed E-state index contributed by atoms with van der Waals surface area (Å²) in [7, 11) is 0. The second kappa shape index (κ2) is 4.81. The van der Waals surface area contributed by atoms with Crippen molar-refractivity contribution in [3.63, 3.8) is 0 Å². The van der Waals surface area contributed by atoms with Gasteiger partial charge in [0.2, 0.25) is 5.88 Å². The molecule has 0 amide bonds. The van der Waals surface area contributed by atoms with Crippen molar-refractivity contribution < 1.29 is 5.11 Å². The van der Waals surface area contributed by atoms with Crippen LogP contribution in [0.15, 0.2) is 47.6 Å². The molecule has 0 spiro atoms. The zero-order chi connectivity index (χ0) is 14.1. The van der Waals surface area contributed by atoms with Gasteiger partial charge < -0.3 is 10.1 Å². The predicted molar refractivity (Wildman–Crippen MR) is 80.2 cm³/mol. The van der Waals surface area contributed by atoms with Crippen LogP contribution in [0, 0.1) is 4.91 Å². The maximum absolute atomic E-state index is 11.0. The topological polar surface area (TPSA) is 65.4 Å². The average molecular weight is 266 g/mol. The summed E-state index contributed by atoms with van der Waals surface area (Å²) >= 11 is 0. The van der Waals surface area contributed by atoms with Crippen molar-refractivity contribution in [2.45, 2.75) is 13.3 Å². The molecule has 3 aromatic rings. The fourth-order valence-electron chi connectivity index (χ4n) is 2.47. The summed E-state index contributed by atoms with van der Waals surface area (Å²) in [5, 5.41) is 13.3. The summed E-state index contributed by atoms with van der Waals surface area (Å²) < 4.78 is 0. The van der Waals surface area contributed by atoms with Gasteiger partial charge in [0, 0.05) is 5.39 Å². The molecule has 0 unspecified atom stereocenters. The molecule has 0 saturated heterocycles. The largest absolute Gasteiger partial charge is 0.493 e. The van der Waals surface area contributed by atoms with Gasteiger partial charge in [-0.05, 0) is 34.4 Å². The Hall–Kier alpha value is -2.62. The summed E-state index contributed by atoms with van der Waals surface area (Å²) in [6.45, 7) is 2.11. The number of nitrogens with zero attached hydrogens (tertiary/aromatic N) is 1. The van der Waals surface area contributed by atoms with Gasteiger partial charge in [0.25, 0.3) is 0 Å². The summed E-state index contributed by atoms with van der Waals surface area (Å²) in [4.78, 5) is 13.7. The van der Waals surface area contributed by atoms with Crippen LogP contribution in [0.3, 0.4) is 0 Å². The highest BCUT2D eigenvalue weighted by molar-refractivity contribution is 6.05. The molecule has 0 aliphatic rings. The van der Waals surface area contributed by atoms with Crippen LogP contribution < -0.4 is 0 Å². The molecule has 0 aliphatic heterocycles. The number of fused-ring (bicyclic) bond motifs is 1. The van der Waals surface area contributed by atoms with Gasteiger partial charge in [-0.2, -0.15) is 0 Å². The van der Waals surface area contributed by atoms with Gasteiger partial charge in [-0.25, -0.2) is 0 Å². The van der Waals surface area contributed by atoms with Gasteiger partial charge in [0.1, 0.15) is 0 Å². The van der Waals surface area contributed by atoms with Crippen molar-refractivity contribution >= 4 is 16.6 Å². The number of rotatable bonds is 3. The van der Waals surface area contributed by atoms with E-state index in [0.717, 1.165) is 17.5 Å². The van der Waals surface area contributed by atoms with E-state index >= 15 is 0 Å². The lowest BCUT2D eigenvalue weighted by Crippen LogP contribution is -1.82. The van der Waals surface area contributed by atoms with Crippen LogP contribution in [-0.2, 0) is 6.42 Å². The summed E-state index contributed by atoms with van der Waals surface area (Å²) in [6, 6.07) is 13.8. The minimum Gasteiger partial charge on any atom is -0.493 e. The van der Waals surface area contributed by atoms with Crippen LogP contribution in [0.4, 0.5) is 5.69 Å². The van der Waals surface area contributed by atoms with Crippen LogP contribution in [0.2, 0.25) is 0 Å². The Morgan fingerprint density at radius 1 is 1.15 bits per heavy atom. The number of aryl methyl sites for hydroxylation is 1. The van der Waals surface area contributed by atoms with E-state index in [4.69, 9.17) is 0 Å². The van der Waals surface area contributed by atoms with Crippen molar-refractivity contribution in [3.05, 3.63) is 52.9 Å². The first-order valence-electron chi connectivity index (χ1n) is 6.51. The van der Waals surface area contributed by atoms with Crippen molar-refractivity contribution in [1.29, 1.82) is 0 Å². The molecule has 0 bridgehead atoms. The highest BCUT2D eigenvalue weighted by atomic mass is 16.3. The Morgan fingerprint density at radius 3 is 2.55 bits per heavy atom. The Kier molecular flexibility index (Phi) is 2.99. The molecule has 0 atom stereocenters. The fourth-order valence-corrected chi connectivity index (χ4v) is 2.47. The zero-order valence-electron chi connectivity index (χ0n) is 11.1. The lowest BCUT2D eigenvalue weighted by molar-refractivity contribution is 0.460. The van der Waals surface area contributed by atoms with Gasteiger partial charge in [0.15, 0.2) is 5.69 Å². The molecule has 20 heavy (non-hydrogen) atoms. The van der Waals surface area contributed by atoms with Gasteiger partial charge in [-0.15, -0.1) is 4.91 Å². The molecular weight excluding hydrogens is 252 g/mol. The van der Waals surface area contributed by atoms with Gasteiger partial charge >= 0.3 is 0 Å². The van der Waals surface area contributed by atoms with Crippen LogP contribution >= 0.6 is 0 Å². The average Bonchev–Trinajstić information content (AvgIpc) is 2.82. The Labute approximate surface area is 116 Å². The van der Waals surface area contributed by atoms with E-state index in [2.05, 4.69) is 29.2 Å². The summed E-state index contributed by atoms with van der Waals surface area (Å²) in [6.07, 6.45) is 0.983. The molecule has 4 heteroatoms. The van der Waals surface area contributed by atoms with E-state index in [0.29, 0.717) is 10.9 Å². The minimum absolute atomic E-state index is 0.0650. The fraction of sp³-hybridized carbons (Fsp3) is 0.125. The number of hydrogen-bond acceptors (Lipinski definition) is 3. The van der Waals surface area contributed by atoms with E-state index in [9.17, 15) is 10.0 Å². The Morgan fingerprint density at radius 2 is 1.90 bits per heavy atom. The van der Waals surface area contributed by atoms with Crippen LogP contribution in [0.25, 0.3) is 22.0 Å². The number of aromatic amines is 1. The molecule has 4 nitrogen and oxygen atoms in total. The number of aromatic nitrogens is 1. The molecule has 3 rings (SSSR count). The summed E-state index contributed by atoms with van der Waals surface area (Å²) in [5.41, 5.74) is 3.91. The van der Waals surface area contributed by atoms with Gasteiger partial charge in [-0.3, -0.25) is 0 Å². The van der Waals surface area contributed by atoms with Gasteiger partial charge in [-0.1, -0.05) is 43.3 Å². The third-order valence-electron chi connectivity index (χ3n) is 3.54. The molecule has 1 aromatic heterocycles. The van der Waals surface area contributed by atoms with Crippen molar-refractivity contribution in [1.82, 2.24) is 4.98 Å². The van der Waals surface area contributed by atoms with Crippen LogP contribution in [0.1, 0.15) is 12.5 Å². The normalized spacial score (nSPS) is 10.8. The van der Waals surface area contributed by atoms with E-state index < -0.39 is 0 Å². The minimum atomic E-state index is -0.187. The summed E-state index contributed by atoms with van der Waals surface area (Å²) in [5.74, 6) is -0.187. The first-order valence-corrected chi connectivity index (χ1v) is 6.51. The molecular formula is C16H14N2O2. The quantitative estimate of drug-likeness (QED) is 0.685. The lowest BCUT2D eigenvalue weighted by Gasteiger charge is -2.05. The maximum atomic E-state index is 11.0. The molecule has 0 radical (unpaired) electrons. The first-order chi connectivity index (χ1) is 9.74. The number of benzene rings is 2. The number of nitroso groups, excluding NO2 is 1. The zero-order valence-corrected chi connectivity index (χ0v) is 11.1. The van der Waals surface area contributed by atoms with Crippen molar-refractivity contribution in [3.8, 4) is 17.0 Å². The standard InChI is InChI=1S/C16H14N2O2/c1-2-10-6-8-11(9-7-10)12-4-3-5-13-14(12)15(18-20)16(19)17-13/h3-9,17,19H,2H2,1H3. The maximum Gasteiger partial charge on any atom is 0.219 e. The highest BCUT2D eigenvalue weighted by Crippen LogP contribution is 2.40. The molecule has 0 fully saturated rings. The van der Waals surface area contributed by atoms with Crippen molar-refractivity contribution in [2.75, 3.05) is 0 Å². The van der Waals surface area contributed by atoms with Crippen LogP contribution in [0.5, 0.6) is 5.88 Å². The molecule has 100 valence electrons. The van der Waals surface area contributed by atoms with E-state index in [1.54, 1.807) is 0 Å². The van der Waals surface area contributed by atoms with E-state index in [1.807, 2.05) is 30.3 Å². The van der Waals surface area contributed by atoms with Crippen LogP contribution in [-0.4, -0.2) is 10.1 Å². The molecule has 0 aliphatic carbocycles. The Balaban J connectivity index is 2.26. The molecule has 0 saturated carbocycles. The monoisotopic (exact) mass is 266 g/mol. The van der Waals surface area contributed by atoms with E-state index in [1.165, 1.54) is 5.56 Å². The van der Waals surface area contributed by atoms with Gasteiger partial charge in [0.05, 0.1) is 5.52 Å². The number of H-pyrrole nitrogens is 1.